The molecule has 0 heterocycles. The molecule has 0 aromatic heterocycles. The number of thioether (sulfide) groups is 1. The molecule has 0 spiro atoms. The molecule has 1 N–H and O–H groups in total. The van der Waals surface area contributed by atoms with Gasteiger partial charge in [-0.25, -0.2) is 0 Å². The Morgan fingerprint density at radius 2 is 1.86 bits per heavy atom. The number of ether oxygens (including phenoxy) is 2. The molecule has 1 aromatic carbocycles. The second-order valence-electron chi connectivity index (χ2n) is 2.68. The van der Waals surface area contributed by atoms with Crippen molar-refractivity contribution in [2.45, 2.75) is 11.5 Å². The minimum absolute atomic E-state index is 0.0474. The van der Waals surface area contributed by atoms with Gasteiger partial charge in [0.1, 0.15) is 11.5 Å². The minimum atomic E-state index is -0.0474. The van der Waals surface area contributed by atoms with Crippen molar-refractivity contribution in [3.05, 3.63) is 17.7 Å². The highest BCUT2D eigenvalue weighted by atomic mass is 32.2. The van der Waals surface area contributed by atoms with E-state index in [2.05, 4.69) is 0 Å². The third kappa shape index (κ3) is 2.13. The second-order valence-corrected chi connectivity index (χ2v) is 3.53. The lowest BCUT2D eigenvalue weighted by Gasteiger charge is -2.12. The largest absolute Gasteiger partial charge is 0.496 e. The maximum absolute atomic E-state index is 9.09. The van der Waals surface area contributed by atoms with Crippen molar-refractivity contribution in [1.29, 1.82) is 0 Å². The number of hydrogen-bond donors (Lipinski definition) is 1. The van der Waals surface area contributed by atoms with Gasteiger partial charge in [0.25, 0.3) is 0 Å². The molecule has 14 heavy (non-hydrogen) atoms. The average molecular weight is 214 g/mol. The number of aliphatic hydroxyl groups is 1. The van der Waals surface area contributed by atoms with Gasteiger partial charge in [-0.15, -0.1) is 11.8 Å². The molecule has 0 saturated carbocycles. The van der Waals surface area contributed by atoms with Crippen molar-refractivity contribution in [1.82, 2.24) is 0 Å². The molecule has 1 aromatic rings. The fourth-order valence-corrected chi connectivity index (χ4v) is 1.78. The Balaban J connectivity index is 3.20. The van der Waals surface area contributed by atoms with Crippen LogP contribution < -0.4 is 9.47 Å². The summed E-state index contributed by atoms with van der Waals surface area (Å²) >= 11 is 1.58. The van der Waals surface area contributed by atoms with Gasteiger partial charge < -0.3 is 14.6 Å². The van der Waals surface area contributed by atoms with Gasteiger partial charge in [-0.3, -0.25) is 0 Å². The van der Waals surface area contributed by atoms with E-state index in [4.69, 9.17) is 14.6 Å². The summed E-state index contributed by atoms with van der Waals surface area (Å²) in [6.45, 7) is -0.0474. The van der Waals surface area contributed by atoms with Gasteiger partial charge in [-0.1, -0.05) is 0 Å². The van der Waals surface area contributed by atoms with Crippen LogP contribution in [-0.4, -0.2) is 25.6 Å². The highest BCUT2D eigenvalue weighted by Gasteiger charge is 2.09. The van der Waals surface area contributed by atoms with Crippen LogP contribution in [0.1, 0.15) is 5.56 Å². The lowest BCUT2D eigenvalue weighted by Crippen LogP contribution is -1.95. The Kier molecular flexibility index (Phi) is 4.10. The first-order chi connectivity index (χ1) is 6.76. The standard InChI is InChI=1S/C10H14O3S/c1-12-8-5-10(14-3)9(13-2)4-7(8)6-11/h4-5,11H,6H2,1-3H3. The summed E-state index contributed by atoms with van der Waals surface area (Å²) in [6.07, 6.45) is 1.97. The molecular weight excluding hydrogens is 200 g/mol. The lowest BCUT2D eigenvalue weighted by molar-refractivity contribution is 0.272. The van der Waals surface area contributed by atoms with E-state index in [-0.39, 0.29) is 6.61 Å². The maximum Gasteiger partial charge on any atom is 0.133 e. The number of hydrogen-bond acceptors (Lipinski definition) is 4. The first-order valence-electron chi connectivity index (χ1n) is 4.16. The van der Waals surface area contributed by atoms with Crippen molar-refractivity contribution < 1.29 is 14.6 Å². The third-order valence-corrected chi connectivity index (χ3v) is 2.72. The molecule has 0 unspecified atom stereocenters. The Morgan fingerprint density at radius 3 is 2.29 bits per heavy atom. The van der Waals surface area contributed by atoms with Crippen molar-refractivity contribution in [2.75, 3.05) is 20.5 Å². The van der Waals surface area contributed by atoms with Crippen LogP contribution in [0.25, 0.3) is 0 Å². The Hall–Kier alpha value is -0.870. The second kappa shape index (κ2) is 5.12. The zero-order valence-corrected chi connectivity index (χ0v) is 9.35. The highest BCUT2D eigenvalue weighted by molar-refractivity contribution is 7.98. The smallest absolute Gasteiger partial charge is 0.133 e. The van der Waals surface area contributed by atoms with Gasteiger partial charge in [0, 0.05) is 5.56 Å². The maximum atomic E-state index is 9.09. The molecule has 1 rings (SSSR count). The summed E-state index contributed by atoms with van der Waals surface area (Å²) in [7, 11) is 3.20. The van der Waals surface area contributed by atoms with Crippen molar-refractivity contribution in [3.63, 3.8) is 0 Å². The van der Waals surface area contributed by atoms with Gasteiger partial charge in [0.05, 0.1) is 25.7 Å². The van der Waals surface area contributed by atoms with Crippen LogP contribution in [-0.2, 0) is 6.61 Å². The Morgan fingerprint density at radius 1 is 1.21 bits per heavy atom. The van der Waals surface area contributed by atoms with Crippen molar-refractivity contribution in [2.24, 2.45) is 0 Å². The van der Waals surface area contributed by atoms with E-state index in [9.17, 15) is 0 Å². The topological polar surface area (TPSA) is 38.7 Å². The fraction of sp³-hybridized carbons (Fsp3) is 0.400. The van der Waals surface area contributed by atoms with E-state index in [1.807, 2.05) is 12.3 Å². The molecule has 0 aliphatic rings. The predicted octanol–water partition coefficient (Wildman–Crippen LogP) is 1.92. The molecule has 0 aliphatic heterocycles. The summed E-state index contributed by atoms with van der Waals surface area (Å²) in [5.74, 6) is 1.46. The fourth-order valence-electron chi connectivity index (χ4n) is 1.22. The van der Waals surface area contributed by atoms with E-state index >= 15 is 0 Å². The molecule has 0 radical (unpaired) electrons. The highest BCUT2D eigenvalue weighted by Crippen LogP contribution is 2.34. The van der Waals surface area contributed by atoms with Crippen LogP contribution in [0, 0.1) is 0 Å². The van der Waals surface area contributed by atoms with Gasteiger partial charge >= 0.3 is 0 Å². The molecule has 0 fully saturated rings. The van der Waals surface area contributed by atoms with E-state index in [0.29, 0.717) is 5.75 Å². The molecule has 0 bridgehead atoms. The summed E-state index contributed by atoms with van der Waals surface area (Å²) in [6, 6.07) is 3.67. The van der Waals surface area contributed by atoms with E-state index in [1.54, 1.807) is 32.0 Å². The molecule has 0 saturated heterocycles. The summed E-state index contributed by atoms with van der Waals surface area (Å²) in [5, 5.41) is 9.09. The van der Waals surface area contributed by atoms with Gasteiger partial charge in [-0.2, -0.15) is 0 Å². The summed E-state index contributed by atoms with van der Waals surface area (Å²) < 4.78 is 10.3. The van der Waals surface area contributed by atoms with Crippen LogP contribution in [0.4, 0.5) is 0 Å². The number of methoxy groups -OCH3 is 2. The monoisotopic (exact) mass is 214 g/mol. The first kappa shape index (κ1) is 11.2. The number of benzene rings is 1. The number of aliphatic hydroxyl groups excluding tert-OH is 1. The molecule has 0 amide bonds. The molecule has 3 nitrogen and oxygen atoms in total. The predicted molar refractivity (Wildman–Crippen MR) is 57.2 cm³/mol. The normalized spacial score (nSPS) is 10.0. The van der Waals surface area contributed by atoms with Crippen molar-refractivity contribution in [3.8, 4) is 11.5 Å². The lowest BCUT2D eigenvalue weighted by atomic mass is 10.2. The average Bonchev–Trinajstić information content (AvgIpc) is 2.26. The SMILES string of the molecule is COc1cc(SC)c(OC)cc1CO. The van der Waals surface area contributed by atoms with Crippen LogP contribution in [0.3, 0.4) is 0 Å². The van der Waals surface area contributed by atoms with Crippen molar-refractivity contribution >= 4 is 11.8 Å². The van der Waals surface area contributed by atoms with Gasteiger partial charge in [-0.05, 0) is 18.4 Å². The van der Waals surface area contributed by atoms with Crippen LogP contribution in [0.15, 0.2) is 17.0 Å². The Bertz CT molecular complexity index is 254. The van der Waals surface area contributed by atoms with E-state index in [1.165, 1.54) is 0 Å². The summed E-state index contributed by atoms with van der Waals surface area (Å²) in [5.41, 5.74) is 0.738. The quantitative estimate of drug-likeness (QED) is 0.777. The molecule has 0 atom stereocenters. The van der Waals surface area contributed by atoms with Crippen LogP contribution in [0.2, 0.25) is 0 Å². The first-order valence-corrected chi connectivity index (χ1v) is 5.39. The molecule has 4 heteroatoms. The minimum Gasteiger partial charge on any atom is -0.496 e. The van der Waals surface area contributed by atoms with Gasteiger partial charge in [0.2, 0.25) is 0 Å². The molecular formula is C10H14O3S. The van der Waals surface area contributed by atoms with Crippen LogP contribution in [0.5, 0.6) is 11.5 Å². The zero-order valence-electron chi connectivity index (χ0n) is 8.53. The number of rotatable bonds is 4. The molecule has 78 valence electrons. The van der Waals surface area contributed by atoms with Crippen LogP contribution >= 0.6 is 11.8 Å². The third-order valence-electron chi connectivity index (χ3n) is 1.96. The summed E-state index contributed by atoms with van der Waals surface area (Å²) in [4.78, 5) is 1.00. The van der Waals surface area contributed by atoms with Gasteiger partial charge in [0.15, 0.2) is 0 Å². The molecule has 0 aliphatic carbocycles. The van der Waals surface area contributed by atoms with E-state index in [0.717, 1.165) is 16.2 Å². The van der Waals surface area contributed by atoms with E-state index < -0.39 is 0 Å². The zero-order chi connectivity index (χ0) is 10.6. The Labute approximate surface area is 88.0 Å².